The van der Waals surface area contributed by atoms with E-state index in [1.165, 1.54) is 0 Å². The first-order chi connectivity index (χ1) is 10.6. The second kappa shape index (κ2) is 8.88. The van der Waals surface area contributed by atoms with Crippen LogP contribution in [-0.2, 0) is 16.1 Å². The van der Waals surface area contributed by atoms with Gasteiger partial charge in [-0.15, -0.1) is 0 Å². The van der Waals surface area contributed by atoms with Crippen LogP contribution in [0.15, 0.2) is 30.3 Å². The number of piperidine rings is 1. The average molecular weight is 306 g/mol. The van der Waals surface area contributed by atoms with Crippen molar-refractivity contribution in [1.82, 2.24) is 4.90 Å². The normalized spacial score (nSPS) is 18.2. The minimum atomic E-state index is -0.476. The van der Waals surface area contributed by atoms with E-state index in [9.17, 15) is 9.90 Å². The molecule has 1 aromatic carbocycles. The van der Waals surface area contributed by atoms with Gasteiger partial charge in [-0.1, -0.05) is 30.3 Å². The van der Waals surface area contributed by atoms with E-state index in [4.69, 9.17) is 10.5 Å². The van der Waals surface area contributed by atoms with E-state index in [2.05, 4.69) is 4.90 Å². The molecule has 1 unspecified atom stereocenters. The molecule has 0 spiro atoms. The summed E-state index contributed by atoms with van der Waals surface area (Å²) in [4.78, 5) is 13.1. The van der Waals surface area contributed by atoms with Crippen molar-refractivity contribution in [2.24, 2.45) is 11.7 Å². The van der Waals surface area contributed by atoms with Crippen molar-refractivity contribution in [3.8, 4) is 0 Å². The summed E-state index contributed by atoms with van der Waals surface area (Å²) in [7, 11) is 0. The van der Waals surface area contributed by atoms with Gasteiger partial charge >= 0.3 is 0 Å². The van der Waals surface area contributed by atoms with Crippen molar-refractivity contribution >= 4 is 5.91 Å². The predicted octanol–water partition coefficient (Wildman–Crippen LogP) is 1.15. The van der Waals surface area contributed by atoms with E-state index < -0.39 is 6.10 Å². The van der Waals surface area contributed by atoms with Crippen molar-refractivity contribution in [2.45, 2.75) is 32.0 Å². The van der Waals surface area contributed by atoms with Gasteiger partial charge < -0.3 is 20.5 Å². The predicted molar refractivity (Wildman–Crippen MR) is 85.1 cm³/mol. The maximum absolute atomic E-state index is 10.9. The summed E-state index contributed by atoms with van der Waals surface area (Å²) in [6, 6.07) is 9.95. The number of amides is 1. The van der Waals surface area contributed by atoms with Gasteiger partial charge in [-0.2, -0.15) is 0 Å². The Morgan fingerprint density at radius 3 is 2.64 bits per heavy atom. The fourth-order valence-electron chi connectivity index (χ4n) is 2.90. The van der Waals surface area contributed by atoms with Crippen LogP contribution < -0.4 is 5.73 Å². The van der Waals surface area contributed by atoms with Crippen LogP contribution in [-0.4, -0.2) is 48.3 Å². The lowest BCUT2D eigenvalue weighted by Gasteiger charge is -2.32. The van der Waals surface area contributed by atoms with Crippen LogP contribution >= 0.6 is 0 Å². The summed E-state index contributed by atoms with van der Waals surface area (Å²) in [5, 5.41) is 10.0. The average Bonchev–Trinajstić information content (AvgIpc) is 2.50. The summed E-state index contributed by atoms with van der Waals surface area (Å²) in [6.07, 6.45) is 1.95. The van der Waals surface area contributed by atoms with Crippen molar-refractivity contribution < 1.29 is 14.6 Å². The molecule has 0 bridgehead atoms. The zero-order valence-corrected chi connectivity index (χ0v) is 13.0. The van der Waals surface area contributed by atoms with E-state index >= 15 is 0 Å². The Morgan fingerprint density at radius 2 is 2.00 bits per heavy atom. The molecule has 1 amide bonds. The Balaban J connectivity index is 1.59. The molecule has 1 saturated heterocycles. The summed E-state index contributed by atoms with van der Waals surface area (Å²) < 4.78 is 5.56. The third-order valence-electron chi connectivity index (χ3n) is 4.09. The smallest absolute Gasteiger partial charge is 0.217 e. The SMILES string of the molecule is NC(=O)CC1CCN(CC(O)COCc2ccccc2)CC1. The highest BCUT2D eigenvalue weighted by Gasteiger charge is 2.22. The number of carbonyl (C=O) groups is 1. The number of aliphatic hydroxyl groups excluding tert-OH is 1. The van der Waals surface area contributed by atoms with Crippen LogP contribution in [0.25, 0.3) is 0 Å². The fourth-order valence-corrected chi connectivity index (χ4v) is 2.90. The van der Waals surface area contributed by atoms with Gasteiger partial charge in [-0.3, -0.25) is 4.79 Å². The zero-order valence-electron chi connectivity index (χ0n) is 13.0. The molecular weight excluding hydrogens is 280 g/mol. The standard InChI is InChI=1S/C17H26N2O3/c18-17(21)10-14-6-8-19(9-7-14)11-16(20)13-22-12-15-4-2-1-3-5-15/h1-5,14,16,20H,6-13H2,(H2,18,21). The van der Waals surface area contributed by atoms with Gasteiger partial charge in [0.1, 0.15) is 0 Å². The zero-order chi connectivity index (χ0) is 15.8. The summed E-state index contributed by atoms with van der Waals surface area (Å²) >= 11 is 0. The van der Waals surface area contributed by atoms with Crippen LogP contribution in [0.3, 0.4) is 0 Å². The molecule has 1 atom stereocenters. The minimum Gasteiger partial charge on any atom is -0.389 e. The van der Waals surface area contributed by atoms with Gasteiger partial charge in [-0.05, 0) is 37.4 Å². The number of hydrogen-bond donors (Lipinski definition) is 2. The number of likely N-dealkylation sites (tertiary alicyclic amines) is 1. The summed E-state index contributed by atoms with van der Waals surface area (Å²) in [6.45, 7) is 3.31. The molecule has 0 radical (unpaired) electrons. The van der Waals surface area contributed by atoms with Crippen molar-refractivity contribution in [3.05, 3.63) is 35.9 Å². The molecule has 2 rings (SSSR count). The van der Waals surface area contributed by atoms with Crippen molar-refractivity contribution in [2.75, 3.05) is 26.2 Å². The van der Waals surface area contributed by atoms with Crippen LogP contribution in [0.5, 0.6) is 0 Å². The van der Waals surface area contributed by atoms with Crippen LogP contribution in [0, 0.1) is 5.92 Å². The number of ether oxygens (including phenoxy) is 1. The number of primary amides is 1. The number of nitrogens with two attached hydrogens (primary N) is 1. The van der Waals surface area contributed by atoms with Crippen molar-refractivity contribution in [3.63, 3.8) is 0 Å². The number of benzene rings is 1. The molecule has 1 fully saturated rings. The molecule has 122 valence electrons. The molecule has 1 aromatic rings. The van der Waals surface area contributed by atoms with Gasteiger partial charge in [-0.25, -0.2) is 0 Å². The van der Waals surface area contributed by atoms with E-state index in [1.807, 2.05) is 30.3 Å². The fraction of sp³-hybridized carbons (Fsp3) is 0.588. The maximum atomic E-state index is 10.9. The van der Waals surface area contributed by atoms with Crippen LogP contribution in [0.1, 0.15) is 24.8 Å². The van der Waals surface area contributed by atoms with E-state index in [0.29, 0.717) is 32.1 Å². The minimum absolute atomic E-state index is 0.215. The quantitative estimate of drug-likeness (QED) is 0.755. The summed E-state index contributed by atoms with van der Waals surface area (Å²) in [5.74, 6) is 0.188. The molecule has 5 heteroatoms. The van der Waals surface area contributed by atoms with Gasteiger partial charge in [0.05, 0.1) is 19.3 Å². The number of aliphatic hydroxyl groups is 1. The van der Waals surface area contributed by atoms with Gasteiger partial charge in [0.25, 0.3) is 0 Å². The second-order valence-corrected chi connectivity index (χ2v) is 6.07. The number of β-amino-alcohol motifs (C(OH)–C–C–N with tert-alkyl or cyclic N) is 1. The molecule has 1 aliphatic rings. The van der Waals surface area contributed by atoms with Gasteiger partial charge in [0.15, 0.2) is 0 Å². The molecule has 0 saturated carbocycles. The molecule has 3 N–H and O–H groups in total. The van der Waals surface area contributed by atoms with Crippen LogP contribution in [0.2, 0.25) is 0 Å². The lowest BCUT2D eigenvalue weighted by molar-refractivity contribution is -0.119. The monoisotopic (exact) mass is 306 g/mol. The Hall–Kier alpha value is -1.43. The van der Waals surface area contributed by atoms with E-state index in [-0.39, 0.29) is 5.91 Å². The number of rotatable bonds is 8. The molecule has 5 nitrogen and oxygen atoms in total. The maximum Gasteiger partial charge on any atom is 0.217 e. The second-order valence-electron chi connectivity index (χ2n) is 6.07. The lowest BCUT2D eigenvalue weighted by atomic mass is 9.93. The lowest BCUT2D eigenvalue weighted by Crippen LogP contribution is -2.40. The van der Waals surface area contributed by atoms with Gasteiger partial charge in [0, 0.05) is 13.0 Å². The van der Waals surface area contributed by atoms with Gasteiger partial charge in [0.2, 0.25) is 5.91 Å². The number of carbonyl (C=O) groups excluding carboxylic acids is 1. The topological polar surface area (TPSA) is 75.8 Å². The molecule has 1 heterocycles. The molecular formula is C17H26N2O3. The molecule has 0 aliphatic carbocycles. The number of nitrogens with zero attached hydrogens (tertiary/aromatic N) is 1. The van der Waals surface area contributed by atoms with Crippen LogP contribution in [0.4, 0.5) is 0 Å². The first-order valence-electron chi connectivity index (χ1n) is 7.94. The van der Waals surface area contributed by atoms with E-state index in [0.717, 1.165) is 31.5 Å². The Kier molecular flexibility index (Phi) is 6.83. The highest BCUT2D eigenvalue weighted by Crippen LogP contribution is 2.20. The van der Waals surface area contributed by atoms with E-state index in [1.54, 1.807) is 0 Å². The highest BCUT2D eigenvalue weighted by atomic mass is 16.5. The number of hydrogen-bond acceptors (Lipinski definition) is 4. The molecule has 1 aliphatic heterocycles. The molecule has 22 heavy (non-hydrogen) atoms. The Morgan fingerprint density at radius 1 is 1.32 bits per heavy atom. The first-order valence-corrected chi connectivity index (χ1v) is 7.94. The largest absolute Gasteiger partial charge is 0.389 e. The third kappa shape index (κ3) is 6.13. The van der Waals surface area contributed by atoms with Crippen molar-refractivity contribution in [1.29, 1.82) is 0 Å². The third-order valence-corrected chi connectivity index (χ3v) is 4.09. The highest BCUT2D eigenvalue weighted by molar-refractivity contribution is 5.73. The first kappa shape index (κ1) is 16.9. The molecule has 0 aromatic heterocycles. The Labute approximate surface area is 132 Å². The Bertz CT molecular complexity index is 444. The summed E-state index contributed by atoms with van der Waals surface area (Å²) in [5.41, 5.74) is 6.35.